The molecule has 0 radical (unpaired) electrons. The van der Waals surface area contributed by atoms with E-state index in [9.17, 15) is 13.2 Å². The highest BCUT2D eigenvalue weighted by Crippen LogP contribution is 2.30. The van der Waals surface area contributed by atoms with Crippen LogP contribution in [0, 0.1) is 19.8 Å². The van der Waals surface area contributed by atoms with Gasteiger partial charge in [-0.1, -0.05) is 41.5 Å². The summed E-state index contributed by atoms with van der Waals surface area (Å²) >= 11 is 0. The molecule has 1 heterocycles. The highest BCUT2D eigenvalue weighted by atomic mass is 19.4. The van der Waals surface area contributed by atoms with Crippen LogP contribution in [0.2, 0.25) is 0 Å². The Labute approximate surface area is 160 Å². The van der Waals surface area contributed by atoms with E-state index in [1.54, 1.807) is 12.1 Å². The first-order valence-corrected chi connectivity index (χ1v) is 9.75. The van der Waals surface area contributed by atoms with Crippen LogP contribution in [0.15, 0.2) is 42.5 Å². The van der Waals surface area contributed by atoms with Gasteiger partial charge in [0.25, 0.3) is 0 Å². The maximum absolute atomic E-state index is 12.6. The van der Waals surface area contributed by atoms with Gasteiger partial charge in [-0.05, 0) is 81.8 Å². The molecule has 0 atom stereocenters. The summed E-state index contributed by atoms with van der Waals surface area (Å²) in [5.74, 6) is 0.669. The van der Waals surface area contributed by atoms with Gasteiger partial charge in [-0.3, -0.25) is 4.90 Å². The second-order valence-electron chi connectivity index (χ2n) is 7.95. The summed E-state index contributed by atoms with van der Waals surface area (Å²) in [6.45, 7) is 7.50. The molecule has 146 valence electrons. The van der Waals surface area contributed by atoms with Gasteiger partial charge in [-0.25, -0.2) is 0 Å². The Morgan fingerprint density at radius 2 is 1.48 bits per heavy atom. The summed E-state index contributed by atoms with van der Waals surface area (Å²) in [5.41, 5.74) is 4.45. The van der Waals surface area contributed by atoms with Crippen LogP contribution >= 0.6 is 0 Å². The minimum Gasteiger partial charge on any atom is -0.299 e. The molecule has 0 spiro atoms. The maximum atomic E-state index is 12.6. The molecule has 27 heavy (non-hydrogen) atoms. The van der Waals surface area contributed by atoms with Crippen molar-refractivity contribution in [3.8, 4) is 0 Å². The molecule has 1 aliphatic heterocycles. The van der Waals surface area contributed by atoms with Gasteiger partial charge < -0.3 is 0 Å². The number of rotatable bonds is 5. The molecule has 2 aromatic rings. The van der Waals surface area contributed by atoms with Crippen molar-refractivity contribution in [2.75, 3.05) is 13.1 Å². The third kappa shape index (κ3) is 5.83. The van der Waals surface area contributed by atoms with E-state index in [0.29, 0.717) is 5.92 Å². The summed E-state index contributed by atoms with van der Waals surface area (Å²) in [5, 5.41) is 0. The lowest BCUT2D eigenvalue weighted by atomic mass is 9.90. The molecule has 0 bridgehead atoms. The molecule has 3 rings (SSSR count). The van der Waals surface area contributed by atoms with Crippen LogP contribution in [0.3, 0.4) is 0 Å². The van der Waals surface area contributed by atoms with Crippen LogP contribution in [0.4, 0.5) is 13.2 Å². The van der Waals surface area contributed by atoms with E-state index >= 15 is 0 Å². The van der Waals surface area contributed by atoms with Crippen LogP contribution in [0.1, 0.15) is 47.1 Å². The van der Waals surface area contributed by atoms with Crippen molar-refractivity contribution in [2.45, 2.75) is 52.3 Å². The average Bonchev–Trinajstić information content (AvgIpc) is 2.60. The number of hydrogen-bond donors (Lipinski definition) is 0. The molecule has 0 unspecified atom stereocenters. The van der Waals surface area contributed by atoms with E-state index in [1.807, 2.05) is 0 Å². The molecule has 0 aliphatic carbocycles. The van der Waals surface area contributed by atoms with E-state index in [0.717, 1.165) is 38.0 Å². The number of aryl methyl sites for hydroxylation is 3. The van der Waals surface area contributed by atoms with E-state index < -0.39 is 11.7 Å². The number of hydrogen-bond acceptors (Lipinski definition) is 1. The predicted octanol–water partition coefficient (Wildman–Crippen LogP) is 6.17. The first-order chi connectivity index (χ1) is 12.8. The molecular formula is C23H28F3N. The fourth-order valence-electron chi connectivity index (χ4n) is 4.08. The first kappa shape index (κ1) is 19.9. The summed E-state index contributed by atoms with van der Waals surface area (Å²) in [7, 11) is 0. The van der Waals surface area contributed by atoms with Gasteiger partial charge in [0.1, 0.15) is 0 Å². The first-order valence-electron chi connectivity index (χ1n) is 9.75. The van der Waals surface area contributed by atoms with Crippen LogP contribution in [0.5, 0.6) is 0 Å². The van der Waals surface area contributed by atoms with Gasteiger partial charge in [-0.2, -0.15) is 13.2 Å². The fraction of sp³-hybridized carbons (Fsp3) is 0.478. The summed E-state index contributed by atoms with van der Waals surface area (Å²) < 4.78 is 37.9. The molecule has 1 aliphatic rings. The molecule has 0 amide bonds. The second-order valence-corrected chi connectivity index (χ2v) is 7.95. The molecule has 4 heteroatoms. The lowest BCUT2D eigenvalue weighted by molar-refractivity contribution is -0.137. The quantitative estimate of drug-likeness (QED) is 0.604. The van der Waals surface area contributed by atoms with Crippen molar-refractivity contribution in [1.29, 1.82) is 0 Å². The third-order valence-corrected chi connectivity index (χ3v) is 5.52. The molecular weight excluding hydrogens is 347 g/mol. The lowest BCUT2D eigenvalue weighted by Crippen LogP contribution is -2.33. The summed E-state index contributed by atoms with van der Waals surface area (Å²) in [6, 6.07) is 12.4. The molecule has 0 saturated carbocycles. The number of nitrogens with zero attached hydrogens (tertiary/aromatic N) is 1. The monoisotopic (exact) mass is 375 g/mol. The predicted molar refractivity (Wildman–Crippen MR) is 104 cm³/mol. The van der Waals surface area contributed by atoms with E-state index in [1.165, 1.54) is 41.7 Å². The van der Waals surface area contributed by atoms with Crippen molar-refractivity contribution in [2.24, 2.45) is 5.92 Å². The maximum Gasteiger partial charge on any atom is 0.416 e. The number of benzene rings is 2. The van der Waals surface area contributed by atoms with Gasteiger partial charge >= 0.3 is 6.18 Å². The SMILES string of the molecule is Cc1cc(C)cc(CN2CCC(CCc3ccc(C(F)(F)F)cc3)CC2)c1. The molecule has 0 N–H and O–H groups in total. The Morgan fingerprint density at radius 3 is 2.04 bits per heavy atom. The zero-order valence-corrected chi connectivity index (χ0v) is 16.1. The van der Waals surface area contributed by atoms with Crippen molar-refractivity contribution in [1.82, 2.24) is 4.90 Å². The third-order valence-electron chi connectivity index (χ3n) is 5.52. The van der Waals surface area contributed by atoms with Crippen molar-refractivity contribution < 1.29 is 13.2 Å². The van der Waals surface area contributed by atoms with E-state index in [2.05, 4.69) is 36.9 Å². The van der Waals surface area contributed by atoms with Crippen molar-refractivity contribution >= 4 is 0 Å². The summed E-state index contributed by atoms with van der Waals surface area (Å²) in [6.07, 6.45) is 0.0146. The minimum absolute atomic E-state index is 0.564. The molecule has 0 aromatic heterocycles. The topological polar surface area (TPSA) is 3.24 Å². The second kappa shape index (κ2) is 8.47. The number of alkyl halides is 3. The van der Waals surface area contributed by atoms with Crippen LogP contribution < -0.4 is 0 Å². The Hall–Kier alpha value is -1.81. The van der Waals surface area contributed by atoms with Crippen molar-refractivity contribution in [3.63, 3.8) is 0 Å². The molecule has 1 nitrogen and oxygen atoms in total. The largest absolute Gasteiger partial charge is 0.416 e. The number of likely N-dealkylation sites (tertiary alicyclic amines) is 1. The fourth-order valence-corrected chi connectivity index (χ4v) is 4.08. The molecule has 2 aromatic carbocycles. The zero-order chi connectivity index (χ0) is 19.4. The zero-order valence-electron chi connectivity index (χ0n) is 16.1. The summed E-state index contributed by atoms with van der Waals surface area (Å²) in [4.78, 5) is 2.52. The highest BCUT2D eigenvalue weighted by molar-refractivity contribution is 5.28. The van der Waals surface area contributed by atoms with E-state index in [-0.39, 0.29) is 0 Å². The van der Waals surface area contributed by atoms with Gasteiger partial charge in [0.15, 0.2) is 0 Å². The van der Waals surface area contributed by atoms with Gasteiger partial charge in [-0.15, -0.1) is 0 Å². The van der Waals surface area contributed by atoms with Crippen LogP contribution in [-0.2, 0) is 19.1 Å². The average molecular weight is 375 g/mol. The Balaban J connectivity index is 1.44. The lowest BCUT2D eigenvalue weighted by Gasteiger charge is -2.32. The number of halogens is 3. The Bertz CT molecular complexity index is 721. The van der Waals surface area contributed by atoms with Gasteiger partial charge in [0.2, 0.25) is 0 Å². The Kier molecular flexibility index (Phi) is 6.25. The minimum atomic E-state index is -4.25. The van der Waals surface area contributed by atoms with Gasteiger partial charge in [0.05, 0.1) is 5.56 Å². The standard InChI is InChI=1S/C23H28F3N/c1-17-13-18(2)15-21(14-17)16-27-11-9-20(10-12-27)4-3-19-5-7-22(8-6-19)23(24,25)26/h5-8,13-15,20H,3-4,9-12,16H2,1-2H3. The highest BCUT2D eigenvalue weighted by Gasteiger charge is 2.30. The van der Waals surface area contributed by atoms with E-state index in [4.69, 9.17) is 0 Å². The normalized spacial score (nSPS) is 16.6. The number of piperidine rings is 1. The van der Waals surface area contributed by atoms with Crippen molar-refractivity contribution in [3.05, 3.63) is 70.3 Å². The molecule has 1 saturated heterocycles. The smallest absolute Gasteiger partial charge is 0.299 e. The molecule has 1 fully saturated rings. The van der Waals surface area contributed by atoms with Gasteiger partial charge in [0, 0.05) is 6.54 Å². The van der Waals surface area contributed by atoms with Crippen LogP contribution in [-0.4, -0.2) is 18.0 Å². The Morgan fingerprint density at radius 1 is 0.889 bits per heavy atom. The van der Waals surface area contributed by atoms with Crippen LogP contribution in [0.25, 0.3) is 0 Å².